The van der Waals surface area contributed by atoms with E-state index in [2.05, 4.69) is 5.32 Å². The minimum absolute atomic E-state index is 0.316. The summed E-state index contributed by atoms with van der Waals surface area (Å²) in [4.78, 5) is 11.2. The molecule has 0 radical (unpaired) electrons. The van der Waals surface area contributed by atoms with Gasteiger partial charge in [0.25, 0.3) is 0 Å². The van der Waals surface area contributed by atoms with E-state index in [0.717, 1.165) is 0 Å². The Kier molecular flexibility index (Phi) is 4.45. The molecule has 0 fully saturated rings. The van der Waals surface area contributed by atoms with Crippen LogP contribution >= 0.6 is 0 Å². The highest BCUT2D eigenvalue weighted by molar-refractivity contribution is 5.82. The Bertz CT molecular complexity index is 380. The molecule has 17 heavy (non-hydrogen) atoms. The van der Waals surface area contributed by atoms with Crippen LogP contribution in [0.3, 0.4) is 0 Å². The Morgan fingerprint density at radius 3 is 2.53 bits per heavy atom. The molecule has 94 valence electrons. The number of carboxylic acids is 1. The molecule has 0 saturated carbocycles. The number of aliphatic carboxylic acids is 1. The molecule has 0 bridgehead atoms. The van der Waals surface area contributed by atoms with Crippen molar-refractivity contribution in [3.05, 3.63) is 30.1 Å². The highest BCUT2D eigenvalue weighted by atomic mass is 19.1. The molecule has 0 aromatic heterocycles. The van der Waals surface area contributed by atoms with E-state index in [9.17, 15) is 14.3 Å². The van der Waals surface area contributed by atoms with Crippen molar-refractivity contribution in [2.24, 2.45) is 0 Å². The Hall–Kier alpha value is -1.62. The largest absolute Gasteiger partial charge is 0.480 e. The average Bonchev–Trinajstić information content (AvgIpc) is 2.29. The smallest absolute Gasteiger partial charge is 0.329 e. The summed E-state index contributed by atoms with van der Waals surface area (Å²) >= 11 is 0. The second-order valence-corrected chi connectivity index (χ2v) is 4.01. The van der Waals surface area contributed by atoms with Gasteiger partial charge in [-0.15, -0.1) is 0 Å². The summed E-state index contributed by atoms with van der Waals surface area (Å²) < 4.78 is 17.6. The number of halogens is 1. The second kappa shape index (κ2) is 5.63. The summed E-state index contributed by atoms with van der Waals surface area (Å²) in [6.07, 6.45) is 0.316. The SMILES string of the molecule is COCCC(C)(Nc1ccc(F)cc1)C(=O)O. The van der Waals surface area contributed by atoms with Crippen LogP contribution in [0.4, 0.5) is 10.1 Å². The number of rotatable bonds is 6. The molecule has 1 unspecified atom stereocenters. The molecule has 2 N–H and O–H groups in total. The minimum Gasteiger partial charge on any atom is -0.480 e. The molecule has 1 aromatic carbocycles. The van der Waals surface area contributed by atoms with Crippen LogP contribution in [0.25, 0.3) is 0 Å². The number of carbonyl (C=O) groups is 1. The molecular formula is C12H16FNO3. The molecule has 0 spiro atoms. The van der Waals surface area contributed by atoms with Gasteiger partial charge in [0.2, 0.25) is 0 Å². The van der Waals surface area contributed by atoms with Gasteiger partial charge in [0, 0.05) is 25.8 Å². The number of nitrogens with one attached hydrogen (secondary N) is 1. The van der Waals surface area contributed by atoms with Gasteiger partial charge in [0.15, 0.2) is 0 Å². The van der Waals surface area contributed by atoms with Crippen LogP contribution in [-0.2, 0) is 9.53 Å². The number of methoxy groups -OCH3 is 1. The summed E-state index contributed by atoms with van der Waals surface area (Å²) in [5, 5.41) is 12.1. The lowest BCUT2D eigenvalue weighted by molar-refractivity contribution is -0.142. The van der Waals surface area contributed by atoms with Gasteiger partial charge in [-0.1, -0.05) is 0 Å². The van der Waals surface area contributed by atoms with Crippen molar-refractivity contribution >= 4 is 11.7 Å². The van der Waals surface area contributed by atoms with Gasteiger partial charge in [0.1, 0.15) is 11.4 Å². The molecule has 1 atom stereocenters. The summed E-state index contributed by atoms with van der Waals surface area (Å²) in [5.41, 5.74) is -0.569. The van der Waals surface area contributed by atoms with Crippen molar-refractivity contribution in [2.75, 3.05) is 19.0 Å². The Morgan fingerprint density at radius 2 is 2.06 bits per heavy atom. The van der Waals surface area contributed by atoms with Gasteiger partial charge >= 0.3 is 5.97 Å². The molecule has 0 heterocycles. The summed E-state index contributed by atoms with van der Waals surface area (Å²) in [7, 11) is 1.51. The number of hydrogen-bond donors (Lipinski definition) is 2. The highest BCUT2D eigenvalue weighted by Crippen LogP contribution is 2.19. The lowest BCUT2D eigenvalue weighted by Crippen LogP contribution is -2.44. The fraction of sp³-hybridized carbons (Fsp3) is 0.417. The van der Waals surface area contributed by atoms with Crippen molar-refractivity contribution in [1.82, 2.24) is 0 Å². The fourth-order valence-electron chi connectivity index (χ4n) is 1.38. The monoisotopic (exact) mass is 241 g/mol. The third kappa shape index (κ3) is 3.71. The van der Waals surface area contributed by atoms with Crippen LogP contribution in [0, 0.1) is 5.82 Å². The van der Waals surface area contributed by atoms with E-state index < -0.39 is 11.5 Å². The summed E-state index contributed by atoms with van der Waals surface area (Å²) in [6.45, 7) is 1.90. The predicted octanol–water partition coefficient (Wildman–Crippen LogP) is 2.12. The Balaban J connectivity index is 2.79. The lowest BCUT2D eigenvalue weighted by Gasteiger charge is -2.27. The van der Waals surface area contributed by atoms with Crippen LogP contribution in [-0.4, -0.2) is 30.3 Å². The van der Waals surface area contributed by atoms with Gasteiger partial charge in [-0.2, -0.15) is 0 Å². The van der Waals surface area contributed by atoms with Crippen LogP contribution < -0.4 is 5.32 Å². The molecule has 5 heteroatoms. The number of ether oxygens (including phenoxy) is 1. The van der Waals surface area contributed by atoms with E-state index in [1.54, 1.807) is 6.92 Å². The quantitative estimate of drug-likeness (QED) is 0.801. The first-order chi connectivity index (χ1) is 7.98. The van der Waals surface area contributed by atoms with Crippen molar-refractivity contribution in [3.8, 4) is 0 Å². The van der Waals surface area contributed by atoms with Crippen molar-refractivity contribution < 1.29 is 19.0 Å². The van der Waals surface area contributed by atoms with Crippen LogP contribution in [0.2, 0.25) is 0 Å². The summed E-state index contributed by atoms with van der Waals surface area (Å²) in [6, 6.07) is 5.56. The zero-order valence-electron chi connectivity index (χ0n) is 9.87. The molecule has 0 aliphatic heterocycles. The number of carboxylic acid groups (broad SMARTS) is 1. The lowest BCUT2D eigenvalue weighted by atomic mass is 9.98. The molecular weight excluding hydrogens is 225 g/mol. The van der Waals surface area contributed by atoms with E-state index in [1.165, 1.54) is 31.4 Å². The zero-order valence-corrected chi connectivity index (χ0v) is 9.87. The number of benzene rings is 1. The maximum absolute atomic E-state index is 12.7. The molecule has 4 nitrogen and oxygen atoms in total. The average molecular weight is 241 g/mol. The van der Waals surface area contributed by atoms with E-state index in [-0.39, 0.29) is 5.82 Å². The van der Waals surface area contributed by atoms with E-state index in [4.69, 9.17) is 4.74 Å². The predicted molar refractivity (Wildman–Crippen MR) is 62.6 cm³/mol. The van der Waals surface area contributed by atoms with Gasteiger partial charge < -0.3 is 15.2 Å². The third-order valence-electron chi connectivity index (χ3n) is 2.54. The first kappa shape index (κ1) is 13.4. The Morgan fingerprint density at radius 1 is 1.47 bits per heavy atom. The normalized spacial score (nSPS) is 14.1. The van der Waals surface area contributed by atoms with Gasteiger partial charge in [0.05, 0.1) is 0 Å². The van der Waals surface area contributed by atoms with Gasteiger partial charge in [-0.25, -0.2) is 9.18 Å². The third-order valence-corrected chi connectivity index (χ3v) is 2.54. The van der Waals surface area contributed by atoms with E-state index in [1.807, 2.05) is 0 Å². The zero-order chi connectivity index (χ0) is 12.9. The highest BCUT2D eigenvalue weighted by Gasteiger charge is 2.32. The van der Waals surface area contributed by atoms with Crippen LogP contribution in [0.5, 0.6) is 0 Å². The first-order valence-electron chi connectivity index (χ1n) is 5.24. The van der Waals surface area contributed by atoms with Crippen molar-refractivity contribution in [2.45, 2.75) is 18.9 Å². The molecule has 1 rings (SSSR count). The number of hydrogen-bond acceptors (Lipinski definition) is 3. The van der Waals surface area contributed by atoms with Gasteiger partial charge in [-0.3, -0.25) is 0 Å². The van der Waals surface area contributed by atoms with E-state index in [0.29, 0.717) is 18.7 Å². The summed E-state index contributed by atoms with van der Waals surface area (Å²) in [5.74, 6) is -1.33. The van der Waals surface area contributed by atoms with Crippen LogP contribution in [0.1, 0.15) is 13.3 Å². The molecule has 0 amide bonds. The molecule has 0 aliphatic carbocycles. The van der Waals surface area contributed by atoms with Gasteiger partial charge in [-0.05, 0) is 31.2 Å². The fourth-order valence-corrected chi connectivity index (χ4v) is 1.38. The van der Waals surface area contributed by atoms with Crippen molar-refractivity contribution in [1.29, 1.82) is 0 Å². The van der Waals surface area contributed by atoms with E-state index >= 15 is 0 Å². The van der Waals surface area contributed by atoms with Crippen molar-refractivity contribution in [3.63, 3.8) is 0 Å². The Labute approximate surface area is 99.4 Å². The standard InChI is InChI=1S/C12H16FNO3/c1-12(11(15)16,7-8-17-2)14-10-5-3-9(13)4-6-10/h3-6,14H,7-8H2,1-2H3,(H,15,16). The second-order valence-electron chi connectivity index (χ2n) is 4.01. The molecule has 0 saturated heterocycles. The number of anilines is 1. The minimum atomic E-state index is -1.13. The topological polar surface area (TPSA) is 58.6 Å². The maximum Gasteiger partial charge on any atom is 0.329 e. The first-order valence-corrected chi connectivity index (χ1v) is 5.24. The molecule has 0 aliphatic rings. The maximum atomic E-state index is 12.7. The molecule has 1 aromatic rings. The van der Waals surface area contributed by atoms with Crippen LogP contribution in [0.15, 0.2) is 24.3 Å².